The lowest BCUT2D eigenvalue weighted by molar-refractivity contribution is -0.0343. The van der Waals surface area contributed by atoms with Crippen LogP contribution in [0, 0.1) is 0 Å². The average Bonchev–Trinajstić information content (AvgIpc) is 3.63. The van der Waals surface area contributed by atoms with Crippen LogP contribution in [0.15, 0.2) is 157 Å². The predicted octanol–water partition coefficient (Wildman–Crippen LogP) is 8.69. The lowest BCUT2D eigenvalue weighted by Gasteiger charge is -2.38. The van der Waals surface area contributed by atoms with Gasteiger partial charge in [-0.2, -0.15) is 5.10 Å². The number of hydrogen-bond donors (Lipinski definition) is 0. The highest BCUT2D eigenvalue weighted by atomic mass is 16.5. The van der Waals surface area contributed by atoms with Crippen LogP contribution in [0.1, 0.15) is 28.4 Å². The van der Waals surface area contributed by atoms with E-state index in [0.717, 1.165) is 16.7 Å². The molecule has 3 atom stereocenters. The van der Waals surface area contributed by atoms with Gasteiger partial charge >= 0.3 is 0 Å². The smallest absolute Gasteiger partial charge is 0.164 e. The summed E-state index contributed by atoms with van der Waals surface area (Å²) >= 11 is 0. The molecule has 0 spiro atoms. The van der Waals surface area contributed by atoms with Crippen LogP contribution in [0.4, 0.5) is 0 Å². The number of aromatic nitrogens is 2. The standard InChI is InChI=1S/C41H39N5O5/c1-46-28-30(27-43-46)39(50-36-23-19-34(47-2)20-24-36)40(51-37-25-21-35(48-3)22-26-37)38(44-45-42)29-49-41(31-13-7-4-8-14-31,32-15-9-5-10-16-32)33-17-11-6-12-18-33/h4-28,38-40H,29H2,1-3H3/t38?,39-,40+/m1/s1. The van der Waals surface area contributed by atoms with Crippen molar-refractivity contribution in [2.75, 3.05) is 20.8 Å². The molecule has 0 saturated carbocycles. The van der Waals surface area contributed by atoms with Crippen LogP contribution < -0.4 is 18.9 Å². The summed E-state index contributed by atoms with van der Waals surface area (Å²) in [5.41, 5.74) is 12.4. The minimum Gasteiger partial charge on any atom is -0.497 e. The van der Waals surface area contributed by atoms with Gasteiger partial charge in [0.15, 0.2) is 12.2 Å². The molecule has 6 aromatic rings. The molecular formula is C41H39N5O5. The average molecular weight is 682 g/mol. The number of ether oxygens (including phenoxy) is 5. The van der Waals surface area contributed by atoms with Crippen molar-refractivity contribution in [3.8, 4) is 23.0 Å². The van der Waals surface area contributed by atoms with Crippen molar-refractivity contribution in [3.05, 3.63) is 185 Å². The van der Waals surface area contributed by atoms with Crippen LogP contribution >= 0.6 is 0 Å². The molecule has 1 unspecified atom stereocenters. The second-order valence-corrected chi connectivity index (χ2v) is 11.8. The summed E-state index contributed by atoms with van der Waals surface area (Å²) in [6.45, 7) is -0.0493. The summed E-state index contributed by atoms with van der Waals surface area (Å²) in [6.07, 6.45) is 1.87. The first kappa shape index (κ1) is 34.6. The number of rotatable bonds is 16. The maximum atomic E-state index is 10.1. The molecule has 51 heavy (non-hydrogen) atoms. The zero-order valence-electron chi connectivity index (χ0n) is 28.7. The molecule has 0 amide bonds. The lowest BCUT2D eigenvalue weighted by Crippen LogP contribution is -2.44. The Kier molecular flexibility index (Phi) is 11.2. The molecule has 0 saturated heterocycles. The molecular weight excluding hydrogens is 642 g/mol. The Balaban J connectivity index is 1.47. The molecule has 5 aromatic carbocycles. The molecule has 0 fully saturated rings. The summed E-state index contributed by atoms with van der Waals surface area (Å²) in [7, 11) is 5.04. The fourth-order valence-corrected chi connectivity index (χ4v) is 6.11. The number of benzene rings is 5. The molecule has 0 aliphatic heterocycles. The second-order valence-electron chi connectivity index (χ2n) is 11.8. The van der Waals surface area contributed by atoms with Gasteiger partial charge in [0, 0.05) is 23.7 Å². The summed E-state index contributed by atoms with van der Waals surface area (Å²) in [4.78, 5) is 3.31. The van der Waals surface area contributed by atoms with Crippen molar-refractivity contribution in [3.63, 3.8) is 0 Å². The zero-order valence-corrected chi connectivity index (χ0v) is 28.7. The molecule has 258 valence electrons. The fourth-order valence-electron chi connectivity index (χ4n) is 6.11. The Morgan fingerprint density at radius 2 is 1.12 bits per heavy atom. The van der Waals surface area contributed by atoms with E-state index in [9.17, 15) is 5.53 Å². The van der Waals surface area contributed by atoms with Gasteiger partial charge in [0.05, 0.1) is 27.0 Å². The third-order valence-corrected chi connectivity index (χ3v) is 8.60. The lowest BCUT2D eigenvalue weighted by atomic mass is 9.80. The molecule has 0 bridgehead atoms. The van der Waals surface area contributed by atoms with Crippen molar-refractivity contribution < 1.29 is 23.7 Å². The van der Waals surface area contributed by atoms with Gasteiger partial charge in [-0.05, 0) is 70.8 Å². The van der Waals surface area contributed by atoms with Crippen LogP contribution in [-0.4, -0.2) is 42.8 Å². The topological polar surface area (TPSA) is 113 Å². The van der Waals surface area contributed by atoms with E-state index >= 15 is 0 Å². The van der Waals surface area contributed by atoms with Crippen molar-refractivity contribution in [1.29, 1.82) is 0 Å². The Bertz CT molecular complexity index is 1900. The molecule has 10 heteroatoms. The van der Waals surface area contributed by atoms with E-state index in [-0.39, 0.29) is 6.61 Å². The molecule has 1 heterocycles. The van der Waals surface area contributed by atoms with E-state index in [2.05, 4.69) is 15.1 Å². The largest absolute Gasteiger partial charge is 0.497 e. The van der Waals surface area contributed by atoms with E-state index in [1.54, 1.807) is 49.4 Å². The molecule has 0 N–H and O–H groups in total. The van der Waals surface area contributed by atoms with Gasteiger partial charge in [-0.3, -0.25) is 4.68 Å². The van der Waals surface area contributed by atoms with Crippen molar-refractivity contribution in [2.24, 2.45) is 12.2 Å². The summed E-state index contributed by atoms with van der Waals surface area (Å²) in [5, 5.41) is 8.78. The maximum absolute atomic E-state index is 10.1. The minimum atomic E-state index is -1.07. The minimum absolute atomic E-state index is 0.0493. The normalized spacial score (nSPS) is 12.9. The SMILES string of the molecule is COc1ccc(O[C@H](c2cnn(C)c2)[C@@H](Oc2ccc(OC)cc2)C(COC(c2ccccc2)(c2ccccc2)c2ccccc2)N=[N+]=[N-])cc1. The van der Waals surface area contributed by atoms with E-state index < -0.39 is 23.9 Å². The molecule has 10 nitrogen and oxygen atoms in total. The van der Waals surface area contributed by atoms with Gasteiger partial charge in [0.25, 0.3) is 0 Å². The third-order valence-electron chi connectivity index (χ3n) is 8.60. The van der Waals surface area contributed by atoms with E-state index in [1.165, 1.54) is 0 Å². The molecule has 0 aliphatic carbocycles. The second kappa shape index (κ2) is 16.5. The number of aryl methyl sites for hydroxylation is 1. The maximum Gasteiger partial charge on any atom is 0.164 e. The zero-order chi connectivity index (χ0) is 35.5. The Morgan fingerprint density at radius 3 is 1.53 bits per heavy atom. The van der Waals surface area contributed by atoms with Gasteiger partial charge in [0.2, 0.25) is 0 Å². The van der Waals surface area contributed by atoms with E-state index in [4.69, 9.17) is 23.7 Å². The monoisotopic (exact) mass is 681 g/mol. The van der Waals surface area contributed by atoms with Crippen LogP contribution in [0.3, 0.4) is 0 Å². The summed E-state index contributed by atoms with van der Waals surface area (Å²) in [6, 6.07) is 43.7. The molecule has 0 aliphatic rings. The fraction of sp³-hybridized carbons (Fsp3) is 0.195. The van der Waals surface area contributed by atoms with Crippen LogP contribution in [0.25, 0.3) is 10.4 Å². The van der Waals surface area contributed by atoms with Crippen molar-refractivity contribution in [1.82, 2.24) is 9.78 Å². The first-order chi connectivity index (χ1) is 25.0. The van der Waals surface area contributed by atoms with Gasteiger partial charge < -0.3 is 23.7 Å². The number of nitrogens with zero attached hydrogens (tertiary/aromatic N) is 5. The molecule has 1 aromatic heterocycles. The van der Waals surface area contributed by atoms with Gasteiger partial charge in [-0.15, -0.1) is 0 Å². The van der Waals surface area contributed by atoms with Gasteiger partial charge in [-0.25, -0.2) is 0 Å². The third kappa shape index (κ3) is 7.99. The first-order valence-electron chi connectivity index (χ1n) is 16.5. The molecule has 0 radical (unpaired) electrons. The van der Waals surface area contributed by atoms with E-state index in [1.807, 2.05) is 129 Å². The Labute approximate surface area is 297 Å². The highest BCUT2D eigenvalue weighted by Gasteiger charge is 2.41. The van der Waals surface area contributed by atoms with Crippen LogP contribution in [0.5, 0.6) is 23.0 Å². The van der Waals surface area contributed by atoms with Crippen LogP contribution in [-0.2, 0) is 17.4 Å². The van der Waals surface area contributed by atoms with E-state index in [0.29, 0.717) is 28.6 Å². The summed E-state index contributed by atoms with van der Waals surface area (Å²) in [5.74, 6) is 2.43. The number of azide groups is 1. The Morgan fingerprint density at radius 1 is 0.667 bits per heavy atom. The van der Waals surface area contributed by atoms with Crippen molar-refractivity contribution >= 4 is 0 Å². The number of methoxy groups -OCH3 is 2. The van der Waals surface area contributed by atoms with Gasteiger partial charge in [0.1, 0.15) is 34.6 Å². The highest BCUT2D eigenvalue weighted by Crippen LogP contribution is 2.41. The first-order valence-corrected chi connectivity index (χ1v) is 16.5. The number of hydrogen-bond acceptors (Lipinski definition) is 7. The molecule has 6 rings (SSSR count). The van der Waals surface area contributed by atoms with Crippen LogP contribution in [0.2, 0.25) is 0 Å². The highest BCUT2D eigenvalue weighted by molar-refractivity contribution is 5.47. The van der Waals surface area contributed by atoms with Gasteiger partial charge in [-0.1, -0.05) is 96.1 Å². The van der Waals surface area contributed by atoms with Crippen molar-refractivity contribution in [2.45, 2.75) is 23.9 Å². The summed E-state index contributed by atoms with van der Waals surface area (Å²) < 4.78 is 33.1. The Hall–Kier alpha value is -6.22. The predicted molar refractivity (Wildman–Crippen MR) is 195 cm³/mol. The quantitative estimate of drug-likeness (QED) is 0.0437.